The van der Waals surface area contributed by atoms with Crippen molar-refractivity contribution in [3.63, 3.8) is 0 Å². The van der Waals surface area contributed by atoms with Gasteiger partial charge in [-0.2, -0.15) is 0 Å². The summed E-state index contributed by atoms with van der Waals surface area (Å²) < 4.78 is 9.25. The third-order valence-corrected chi connectivity index (χ3v) is 1.41. The number of carbonyl (C=O) groups is 2. The van der Waals surface area contributed by atoms with Gasteiger partial charge in [0.2, 0.25) is 0 Å². The number of hydrogen-bond acceptors (Lipinski definition) is 4. The van der Waals surface area contributed by atoms with Crippen LogP contribution in [-0.2, 0) is 19.1 Å². The van der Waals surface area contributed by atoms with Crippen molar-refractivity contribution in [2.75, 3.05) is 20.3 Å². The Labute approximate surface area is 71.8 Å². The lowest BCUT2D eigenvalue weighted by atomic mass is 10.1. The first-order valence-corrected chi connectivity index (χ1v) is 3.81. The van der Waals surface area contributed by atoms with Crippen molar-refractivity contribution in [1.82, 2.24) is 0 Å². The predicted octanol–water partition coefficient (Wildman–Crippen LogP) is 0.401. The maximum atomic E-state index is 11.0. The monoisotopic (exact) mass is 174 g/mol. The summed E-state index contributed by atoms with van der Waals surface area (Å²) in [5.41, 5.74) is 0. The molecule has 0 heterocycles. The minimum absolute atomic E-state index is 0.0417. The van der Waals surface area contributed by atoms with Crippen molar-refractivity contribution in [3.8, 4) is 0 Å². The van der Waals surface area contributed by atoms with Gasteiger partial charge in [-0.1, -0.05) is 0 Å². The van der Waals surface area contributed by atoms with Crippen LogP contribution in [0.2, 0.25) is 0 Å². The first-order valence-electron chi connectivity index (χ1n) is 3.81. The van der Waals surface area contributed by atoms with E-state index in [0.717, 1.165) is 0 Å². The van der Waals surface area contributed by atoms with Crippen LogP contribution in [0, 0.1) is 5.92 Å². The van der Waals surface area contributed by atoms with Crippen molar-refractivity contribution < 1.29 is 19.1 Å². The second-order valence-electron chi connectivity index (χ2n) is 2.37. The molecule has 0 N–H and O–H groups in total. The van der Waals surface area contributed by atoms with Crippen molar-refractivity contribution in [2.24, 2.45) is 5.92 Å². The van der Waals surface area contributed by atoms with Crippen molar-refractivity contribution >= 4 is 11.8 Å². The average molecular weight is 174 g/mol. The van der Waals surface area contributed by atoms with E-state index in [1.54, 1.807) is 6.92 Å². The van der Waals surface area contributed by atoms with Crippen LogP contribution in [0.25, 0.3) is 0 Å². The molecular formula is C8H14O4. The maximum absolute atomic E-state index is 11.0. The Hall–Kier alpha value is -0.900. The van der Waals surface area contributed by atoms with Gasteiger partial charge in [0.25, 0.3) is 0 Å². The average Bonchev–Trinajstić information content (AvgIpc) is 2.04. The molecule has 0 aromatic rings. The number of carbonyl (C=O) groups excluding carboxylic acids is 2. The summed E-state index contributed by atoms with van der Waals surface area (Å²) >= 11 is 0. The van der Waals surface area contributed by atoms with E-state index in [4.69, 9.17) is 0 Å². The first kappa shape index (κ1) is 11.1. The number of ketones is 1. The molecule has 0 rings (SSSR count). The summed E-state index contributed by atoms with van der Waals surface area (Å²) in [5.74, 6) is -1.46. The zero-order chi connectivity index (χ0) is 9.56. The Bertz CT molecular complexity index is 146. The summed E-state index contributed by atoms with van der Waals surface area (Å²) in [6.45, 7) is 3.47. The number of Topliss-reactive ketones (excluding diaryl/α,β-unsaturated/α-hetero) is 1. The molecule has 0 amide bonds. The third-order valence-electron chi connectivity index (χ3n) is 1.41. The molecule has 0 fully saturated rings. The van der Waals surface area contributed by atoms with E-state index >= 15 is 0 Å². The standard InChI is InChI=1S/C8H14O4/c1-4-12-8(10)6(2)7(9)5-11-3/h6H,4-5H2,1-3H3/t6-/m1/s1. The number of rotatable bonds is 5. The SMILES string of the molecule is CCOC(=O)[C@H](C)C(=O)COC. The van der Waals surface area contributed by atoms with E-state index in [1.165, 1.54) is 14.0 Å². The zero-order valence-corrected chi connectivity index (χ0v) is 7.62. The molecule has 0 saturated heterocycles. The fraction of sp³-hybridized carbons (Fsp3) is 0.750. The quantitative estimate of drug-likeness (QED) is 0.447. The minimum atomic E-state index is -0.718. The second-order valence-corrected chi connectivity index (χ2v) is 2.37. The van der Waals surface area contributed by atoms with Crippen LogP contribution < -0.4 is 0 Å². The number of methoxy groups -OCH3 is 1. The van der Waals surface area contributed by atoms with Crippen molar-refractivity contribution in [3.05, 3.63) is 0 Å². The van der Waals surface area contributed by atoms with E-state index in [9.17, 15) is 9.59 Å². The molecule has 0 bridgehead atoms. The lowest BCUT2D eigenvalue weighted by Gasteiger charge is -2.07. The zero-order valence-electron chi connectivity index (χ0n) is 7.62. The van der Waals surface area contributed by atoms with Crippen LogP contribution in [-0.4, -0.2) is 32.1 Å². The summed E-state index contributed by atoms with van der Waals surface area (Å²) in [6, 6.07) is 0. The van der Waals surface area contributed by atoms with Gasteiger partial charge in [-0.3, -0.25) is 9.59 Å². The van der Waals surface area contributed by atoms with Crippen LogP contribution in [0.5, 0.6) is 0 Å². The number of esters is 1. The van der Waals surface area contributed by atoms with E-state index < -0.39 is 11.9 Å². The van der Waals surface area contributed by atoms with E-state index in [-0.39, 0.29) is 12.4 Å². The summed E-state index contributed by atoms with van der Waals surface area (Å²) in [7, 11) is 1.41. The predicted molar refractivity (Wildman–Crippen MR) is 42.7 cm³/mol. The molecular weight excluding hydrogens is 160 g/mol. The van der Waals surface area contributed by atoms with Crippen LogP contribution in [0.1, 0.15) is 13.8 Å². The second kappa shape index (κ2) is 5.71. The highest BCUT2D eigenvalue weighted by molar-refractivity contribution is 5.99. The van der Waals surface area contributed by atoms with Gasteiger partial charge in [0, 0.05) is 7.11 Å². The number of hydrogen-bond donors (Lipinski definition) is 0. The van der Waals surface area contributed by atoms with Gasteiger partial charge >= 0.3 is 5.97 Å². The number of ether oxygens (including phenoxy) is 2. The lowest BCUT2D eigenvalue weighted by Crippen LogP contribution is -2.26. The van der Waals surface area contributed by atoms with Crippen LogP contribution >= 0.6 is 0 Å². The Balaban J connectivity index is 3.91. The molecule has 0 aromatic carbocycles. The molecule has 1 atom stereocenters. The Morgan fingerprint density at radius 1 is 1.42 bits per heavy atom. The normalized spacial score (nSPS) is 12.2. The molecule has 0 aromatic heterocycles. The summed E-state index contributed by atoms with van der Waals surface area (Å²) in [4.78, 5) is 22.0. The van der Waals surface area contributed by atoms with Crippen molar-refractivity contribution in [2.45, 2.75) is 13.8 Å². The van der Waals surface area contributed by atoms with E-state index in [0.29, 0.717) is 6.61 Å². The van der Waals surface area contributed by atoms with Gasteiger partial charge in [0.05, 0.1) is 6.61 Å². The molecule has 12 heavy (non-hydrogen) atoms. The van der Waals surface area contributed by atoms with Gasteiger partial charge < -0.3 is 9.47 Å². The van der Waals surface area contributed by atoms with Gasteiger partial charge in [-0.05, 0) is 13.8 Å². The molecule has 4 nitrogen and oxygen atoms in total. The lowest BCUT2D eigenvalue weighted by molar-refractivity contribution is -0.151. The Morgan fingerprint density at radius 2 is 2.00 bits per heavy atom. The topological polar surface area (TPSA) is 52.6 Å². The molecule has 0 aliphatic rings. The molecule has 70 valence electrons. The molecule has 0 spiro atoms. The first-order chi connectivity index (χ1) is 5.63. The Morgan fingerprint density at radius 3 is 2.42 bits per heavy atom. The largest absolute Gasteiger partial charge is 0.465 e. The highest BCUT2D eigenvalue weighted by atomic mass is 16.5. The van der Waals surface area contributed by atoms with Gasteiger partial charge in [0.15, 0.2) is 5.78 Å². The fourth-order valence-electron chi connectivity index (χ4n) is 0.666. The van der Waals surface area contributed by atoms with Crippen LogP contribution in [0.4, 0.5) is 0 Å². The molecule has 0 radical (unpaired) electrons. The molecule has 0 saturated carbocycles. The molecule has 4 heteroatoms. The maximum Gasteiger partial charge on any atom is 0.316 e. The summed E-state index contributed by atoms with van der Waals surface area (Å²) in [6.07, 6.45) is 0. The van der Waals surface area contributed by atoms with Crippen molar-refractivity contribution in [1.29, 1.82) is 0 Å². The molecule has 0 aliphatic carbocycles. The summed E-state index contributed by atoms with van der Waals surface area (Å²) in [5, 5.41) is 0. The van der Waals surface area contributed by atoms with Gasteiger partial charge in [-0.15, -0.1) is 0 Å². The molecule has 0 unspecified atom stereocenters. The smallest absolute Gasteiger partial charge is 0.316 e. The van der Waals surface area contributed by atoms with Crippen LogP contribution in [0.3, 0.4) is 0 Å². The highest BCUT2D eigenvalue weighted by Crippen LogP contribution is 2.00. The van der Waals surface area contributed by atoms with E-state index in [2.05, 4.69) is 9.47 Å². The highest BCUT2D eigenvalue weighted by Gasteiger charge is 2.21. The third kappa shape index (κ3) is 3.48. The van der Waals surface area contributed by atoms with Gasteiger partial charge in [-0.25, -0.2) is 0 Å². The van der Waals surface area contributed by atoms with Gasteiger partial charge in [0.1, 0.15) is 12.5 Å². The van der Waals surface area contributed by atoms with Crippen LogP contribution in [0.15, 0.2) is 0 Å². The molecule has 0 aliphatic heterocycles. The van der Waals surface area contributed by atoms with E-state index in [1.807, 2.05) is 0 Å². The minimum Gasteiger partial charge on any atom is -0.465 e. The Kier molecular flexibility index (Phi) is 5.28. The fourth-order valence-corrected chi connectivity index (χ4v) is 0.666.